The van der Waals surface area contributed by atoms with Gasteiger partial charge >= 0.3 is 5.97 Å². The highest BCUT2D eigenvalue weighted by Gasteiger charge is 2.31. The van der Waals surface area contributed by atoms with Crippen LogP contribution in [0.1, 0.15) is 17.5 Å². The maximum atomic E-state index is 13.3. The molecule has 0 bridgehead atoms. The Morgan fingerprint density at radius 3 is 2.08 bits per heavy atom. The van der Waals surface area contributed by atoms with E-state index < -0.39 is 60.2 Å². The average molecular weight is 569 g/mol. The summed E-state index contributed by atoms with van der Waals surface area (Å²) in [5, 5.41) is 17.5. The van der Waals surface area contributed by atoms with E-state index in [-0.39, 0.29) is 18.6 Å². The number of amides is 4. The van der Waals surface area contributed by atoms with Gasteiger partial charge in [-0.05, 0) is 23.6 Å². The van der Waals surface area contributed by atoms with Crippen LogP contribution in [0.25, 0.3) is 10.9 Å². The lowest BCUT2D eigenvalue weighted by atomic mass is 10.0. The van der Waals surface area contributed by atoms with Crippen molar-refractivity contribution in [1.29, 1.82) is 0 Å². The summed E-state index contributed by atoms with van der Waals surface area (Å²) < 4.78 is 0. The molecule has 4 amide bonds. The number of nitrogens with one attached hydrogen (secondary N) is 4. The summed E-state index contributed by atoms with van der Waals surface area (Å²) in [4.78, 5) is 65.6. The first-order valence-electron chi connectivity index (χ1n) is 12.5. The summed E-state index contributed by atoms with van der Waals surface area (Å²) in [7, 11) is 0. The van der Waals surface area contributed by atoms with E-state index in [2.05, 4.69) is 33.6 Å². The van der Waals surface area contributed by atoms with E-state index in [1.54, 1.807) is 30.5 Å². The van der Waals surface area contributed by atoms with Crippen LogP contribution in [0, 0.1) is 0 Å². The molecule has 40 heavy (non-hydrogen) atoms. The largest absolute Gasteiger partial charge is 0.480 e. The molecule has 212 valence electrons. The van der Waals surface area contributed by atoms with E-state index in [0.717, 1.165) is 16.5 Å². The normalized spacial score (nSPS) is 13.9. The Labute approximate surface area is 235 Å². The first-order valence-corrected chi connectivity index (χ1v) is 13.1. The topological polar surface area (TPSA) is 209 Å². The van der Waals surface area contributed by atoms with Gasteiger partial charge in [0.2, 0.25) is 23.6 Å². The van der Waals surface area contributed by atoms with Crippen molar-refractivity contribution in [3.8, 4) is 0 Å². The molecule has 0 aliphatic heterocycles. The average Bonchev–Trinajstić information content (AvgIpc) is 3.33. The maximum Gasteiger partial charge on any atom is 0.327 e. The van der Waals surface area contributed by atoms with Crippen molar-refractivity contribution in [3.05, 3.63) is 71.9 Å². The van der Waals surface area contributed by atoms with Crippen LogP contribution >= 0.6 is 12.6 Å². The van der Waals surface area contributed by atoms with Crippen molar-refractivity contribution in [2.24, 2.45) is 11.5 Å². The van der Waals surface area contributed by atoms with E-state index in [9.17, 15) is 29.1 Å². The quantitative estimate of drug-likeness (QED) is 0.121. The number of para-hydroxylation sites is 1. The standard InChI is InChI=1S/C27H32N6O6S/c28-18(10-15-6-2-1-3-7-15)24(35)31-21(12-23(29)34)26(37)32-20(25(36)33-22(14-40)27(38)39)11-16-13-30-19-9-5-4-8-17(16)19/h1-9,13,18,20-22,30,40H,10-12,14,28H2,(H2,29,34)(H,31,35)(H,32,37)(H,33,36)(H,38,39). The molecule has 0 fully saturated rings. The summed E-state index contributed by atoms with van der Waals surface area (Å²) in [6.07, 6.45) is 1.29. The van der Waals surface area contributed by atoms with Crippen LogP contribution in [0.5, 0.6) is 0 Å². The van der Waals surface area contributed by atoms with Crippen molar-refractivity contribution < 1.29 is 29.1 Å². The maximum absolute atomic E-state index is 13.3. The number of aromatic amines is 1. The van der Waals surface area contributed by atoms with Crippen LogP contribution in [0.3, 0.4) is 0 Å². The number of primary amides is 1. The Balaban J connectivity index is 1.80. The third-order valence-electron chi connectivity index (χ3n) is 6.20. The zero-order chi connectivity index (χ0) is 29.2. The van der Waals surface area contributed by atoms with E-state index >= 15 is 0 Å². The Morgan fingerprint density at radius 2 is 1.43 bits per heavy atom. The second-order valence-corrected chi connectivity index (χ2v) is 9.60. The third kappa shape index (κ3) is 8.32. The molecule has 4 unspecified atom stereocenters. The second-order valence-electron chi connectivity index (χ2n) is 9.23. The second kappa shape index (κ2) is 14.1. The fourth-order valence-electron chi connectivity index (χ4n) is 4.11. The number of aromatic nitrogens is 1. The number of hydrogen-bond acceptors (Lipinski definition) is 7. The Kier molecular flexibility index (Phi) is 10.7. The predicted octanol–water partition coefficient (Wildman–Crippen LogP) is -0.375. The number of nitrogens with two attached hydrogens (primary N) is 2. The predicted molar refractivity (Wildman–Crippen MR) is 151 cm³/mol. The Morgan fingerprint density at radius 1 is 0.825 bits per heavy atom. The number of fused-ring (bicyclic) bond motifs is 1. The molecule has 3 rings (SSSR count). The fraction of sp³-hybridized carbons (Fsp3) is 0.296. The summed E-state index contributed by atoms with van der Waals surface area (Å²) in [5.74, 6) is -4.69. The number of aliphatic carboxylic acids is 1. The number of carboxylic acid groups (broad SMARTS) is 1. The summed E-state index contributed by atoms with van der Waals surface area (Å²) in [5.41, 5.74) is 13.6. The van der Waals surface area contributed by atoms with Crippen LogP contribution < -0.4 is 27.4 Å². The van der Waals surface area contributed by atoms with Crippen LogP contribution in [0.15, 0.2) is 60.8 Å². The van der Waals surface area contributed by atoms with Gasteiger partial charge < -0.3 is 37.5 Å². The lowest BCUT2D eigenvalue weighted by molar-refractivity contribution is -0.141. The highest BCUT2D eigenvalue weighted by Crippen LogP contribution is 2.19. The minimum Gasteiger partial charge on any atom is -0.480 e. The fourth-order valence-corrected chi connectivity index (χ4v) is 4.36. The minimum absolute atomic E-state index is 0.0226. The number of benzene rings is 2. The molecule has 1 aromatic heterocycles. The van der Waals surface area contributed by atoms with Crippen LogP contribution in [-0.2, 0) is 36.8 Å². The number of carboxylic acids is 1. The van der Waals surface area contributed by atoms with Gasteiger partial charge in [-0.2, -0.15) is 12.6 Å². The molecule has 3 aromatic rings. The SMILES string of the molecule is NC(=O)CC(NC(=O)C(N)Cc1ccccc1)C(=O)NC(Cc1c[nH]c2ccccc12)C(=O)NC(CS)C(=O)O. The van der Waals surface area contributed by atoms with Crippen LogP contribution in [0.4, 0.5) is 0 Å². The number of carbonyl (C=O) groups is 5. The minimum atomic E-state index is -1.43. The number of carbonyl (C=O) groups excluding carboxylic acids is 4. The molecule has 1 heterocycles. The van der Waals surface area contributed by atoms with E-state index in [1.165, 1.54) is 0 Å². The van der Waals surface area contributed by atoms with Crippen LogP contribution in [0.2, 0.25) is 0 Å². The van der Waals surface area contributed by atoms with E-state index in [0.29, 0.717) is 5.56 Å². The highest BCUT2D eigenvalue weighted by atomic mass is 32.1. The summed E-state index contributed by atoms with van der Waals surface area (Å²) >= 11 is 3.97. The number of rotatable bonds is 14. The smallest absolute Gasteiger partial charge is 0.327 e. The van der Waals surface area contributed by atoms with E-state index in [1.807, 2.05) is 30.3 Å². The first kappa shape index (κ1) is 30.2. The molecule has 12 nitrogen and oxygen atoms in total. The van der Waals surface area contributed by atoms with Gasteiger partial charge in [-0.1, -0.05) is 48.5 Å². The molecule has 0 spiro atoms. The molecule has 2 aromatic carbocycles. The highest BCUT2D eigenvalue weighted by molar-refractivity contribution is 7.80. The van der Waals surface area contributed by atoms with Gasteiger partial charge in [-0.15, -0.1) is 0 Å². The van der Waals surface area contributed by atoms with Gasteiger partial charge in [0.25, 0.3) is 0 Å². The Hall–Kier alpha value is -4.36. The van der Waals surface area contributed by atoms with Crippen molar-refractivity contribution in [2.75, 3.05) is 5.75 Å². The van der Waals surface area contributed by atoms with Crippen molar-refractivity contribution in [3.63, 3.8) is 0 Å². The van der Waals surface area contributed by atoms with Gasteiger partial charge in [0.05, 0.1) is 12.5 Å². The monoisotopic (exact) mass is 568 g/mol. The zero-order valence-electron chi connectivity index (χ0n) is 21.5. The lowest BCUT2D eigenvalue weighted by Gasteiger charge is -2.24. The van der Waals surface area contributed by atoms with Gasteiger partial charge in [0.15, 0.2) is 0 Å². The van der Waals surface area contributed by atoms with Gasteiger partial charge in [-0.3, -0.25) is 19.2 Å². The summed E-state index contributed by atoms with van der Waals surface area (Å²) in [6.45, 7) is 0. The zero-order valence-corrected chi connectivity index (χ0v) is 22.4. The molecular weight excluding hydrogens is 536 g/mol. The van der Waals surface area contributed by atoms with Crippen LogP contribution in [-0.4, -0.2) is 69.6 Å². The number of hydrogen-bond donors (Lipinski definition) is 8. The molecule has 13 heteroatoms. The number of thiol groups is 1. The molecular formula is C27H32N6O6S. The van der Waals surface area contributed by atoms with Crippen molar-refractivity contribution in [2.45, 2.75) is 43.4 Å². The first-order chi connectivity index (χ1) is 19.1. The number of H-pyrrole nitrogens is 1. The Bertz CT molecular complexity index is 1360. The molecule has 0 aliphatic rings. The molecule has 9 N–H and O–H groups in total. The molecule has 4 atom stereocenters. The van der Waals surface area contributed by atoms with Gasteiger partial charge in [0.1, 0.15) is 18.1 Å². The van der Waals surface area contributed by atoms with Crippen molar-refractivity contribution in [1.82, 2.24) is 20.9 Å². The van der Waals surface area contributed by atoms with E-state index in [4.69, 9.17) is 11.5 Å². The lowest BCUT2D eigenvalue weighted by Crippen LogP contribution is -2.58. The van der Waals surface area contributed by atoms with Gasteiger partial charge in [0, 0.05) is 29.3 Å². The van der Waals surface area contributed by atoms with Gasteiger partial charge in [-0.25, -0.2) is 4.79 Å². The third-order valence-corrected chi connectivity index (χ3v) is 6.57. The van der Waals surface area contributed by atoms with Crippen molar-refractivity contribution >= 4 is 53.1 Å². The molecule has 0 radical (unpaired) electrons. The molecule has 0 aliphatic carbocycles. The molecule has 0 saturated carbocycles. The molecule has 0 saturated heterocycles. The summed E-state index contributed by atoms with van der Waals surface area (Å²) in [6, 6.07) is 11.3.